The number of carbonyl (C=O) groups is 2. The molecule has 0 spiro atoms. The van der Waals surface area contributed by atoms with Crippen LogP contribution in [0.4, 0.5) is 0 Å². The Kier molecular flexibility index (Phi) is 4.14. The normalized spacial score (nSPS) is 28.9. The molecular formula is C12H21NO4. The van der Waals surface area contributed by atoms with E-state index in [1.165, 1.54) is 7.11 Å². The second-order valence-electron chi connectivity index (χ2n) is 5.41. The molecule has 5 heteroatoms. The molecule has 98 valence electrons. The van der Waals surface area contributed by atoms with E-state index in [4.69, 9.17) is 9.47 Å². The van der Waals surface area contributed by atoms with Crippen LogP contribution in [0, 0.1) is 5.92 Å². The van der Waals surface area contributed by atoms with E-state index in [0.717, 1.165) is 0 Å². The summed E-state index contributed by atoms with van der Waals surface area (Å²) in [7, 11) is 1.36. The topological polar surface area (TPSA) is 64.6 Å². The maximum Gasteiger partial charge on any atom is 0.323 e. The number of nitrogens with one attached hydrogen (secondary N) is 1. The lowest BCUT2D eigenvalue weighted by molar-refractivity contribution is -0.157. The third-order valence-electron chi connectivity index (χ3n) is 2.75. The van der Waals surface area contributed by atoms with E-state index in [1.807, 2.05) is 27.7 Å². The average Bonchev–Trinajstić information content (AvgIpc) is 2.57. The fraction of sp³-hybridized carbons (Fsp3) is 0.833. The second-order valence-corrected chi connectivity index (χ2v) is 5.41. The lowest BCUT2D eigenvalue weighted by Gasteiger charge is -2.22. The number of esters is 2. The molecule has 17 heavy (non-hydrogen) atoms. The molecule has 1 rings (SSSR count). The zero-order valence-electron chi connectivity index (χ0n) is 11.1. The molecule has 1 heterocycles. The van der Waals surface area contributed by atoms with Crippen molar-refractivity contribution in [2.45, 2.75) is 51.8 Å². The Morgan fingerprint density at radius 3 is 2.29 bits per heavy atom. The highest BCUT2D eigenvalue weighted by molar-refractivity contribution is 5.80. The van der Waals surface area contributed by atoms with Crippen LogP contribution < -0.4 is 5.32 Å². The van der Waals surface area contributed by atoms with Crippen LogP contribution in [-0.2, 0) is 19.1 Å². The first-order chi connectivity index (χ1) is 7.74. The van der Waals surface area contributed by atoms with E-state index >= 15 is 0 Å². The second kappa shape index (κ2) is 5.04. The Balaban J connectivity index is 2.60. The smallest absolute Gasteiger partial charge is 0.323 e. The van der Waals surface area contributed by atoms with Crippen molar-refractivity contribution >= 4 is 11.9 Å². The zero-order chi connectivity index (χ0) is 13.2. The van der Waals surface area contributed by atoms with E-state index in [-0.39, 0.29) is 23.9 Å². The van der Waals surface area contributed by atoms with Gasteiger partial charge in [-0.3, -0.25) is 9.59 Å². The molecule has 0 bridgehead atoms. The number of rotatable bonds is 2. The van der Waals surface area contributed by atoms with Crippen molar-refractivity contribution in [2.75, 3.05) is 7.11 Å². The maximum atomic E-state index is 11.8. The molecule has 0 amide bonds. The summed E-state index contributed by atoms with van der Waals surface area (Å²) in [6, 6.07) is -0.492. The Labute approximate surface area is 102 Å². The van der Waals surface area contributed by atoms with Crippen LogP contribution in [0.25, 0.3) is 0 Å². The first-order valence-corrected chi connectivity index (χ1v) is 5.81. The predicted octanol–water partition coefficient (Wildman–Crippen LogP) is 0.868. The van der Waals surface area contributed by atoms with Gasteiger partial charge in [-0.25, -0.2) is 0 Å². The van der Waals surface area contributed by atoms with Gasteiger partial charge in [0.15, 0.2) is 0 Å². The van der Waals surface area contributed by atoms with Crippen LogP contribution in [-0.4, -0.2) is 36.7 Å². The Hall–Kier alpha value is -1.10. The van der Waals surface area contributed by atoms with Crippen molar-refractivity contribution in [3.05, 3.63) is 0 Å². The summed E-state index contributed by atoms with van der Waals surface area (Å²) in [6.45, 7) is 7.33. The molecule has 3 atom stereocenters. The Bertz CT molecular complexity index is 308. The van der Waals surface area contributed by atoms with Gasteiger partial charge in [-0.2, -0.15) is 0 Å². The van der Waals surface area contributed by atoms with Crippen molar-refractivity contribution in [1.82, 2.24) is 5.32 Å². The summed E-state index contributed by atoms with van der Waals surface area (Å²) in [6.07, 6.45) is 0.433. The average molecular weight is 243 g/mol. The van der Waals surface area contributed by atoms with Crippen LogP contribution in [0.3, 0.4) is 0 Å². The quantitative estimate of drug-likeness (QED) is 0.729. The first-order valence-electron chi connectivity index (χ1n) is 5.81. The summed E-state index contributed by atoms with van der Waals surface area (Å²) >= 11 is 0. The van der Waals surface area contributed by atoms with E-state index in [1.54, 1.807) is 0 Å². The van der Waals surface area contributed by atoms with E-state index < -0.39 is 11.6 Å². The highest BCUT2D eigenvalue weighted by Crippen LogP contribution is 2.23. The molecule has 1 saturated heterocycles. The minimum Gasteiger partial charge on any atom is -0.469 e. The van der Waals surface area contributed by atoms with Crippen LogP contribution >= 0.6 is 0 Å². The van der Waals surface area contributed by atoms with E-state index in [2.05, 4.69) is 5.32 Å². The fourth-order valence-corrected chi connectivity index (χ4v) is 1.95. The van der Waals surface area contributed by atoms with Crippen LogP contribution in [0.1, 0.15) is 34.1 Å². The van der Waals surface area contributed by atoms with Gasteiger partial charge in [-0.1, -0.05) is 0 Å². The molecule has 1 N–H and O–H groups in total. The van der Waals surface area contributed by atoms with Gasteiger partial charge in [0.25, 0.3) is 0 Å². The molecule has 0 saturated carbocycles. The largest absolute Gasteiger partial charge is 0.469 e. The van der Waals surface area contributed by atoms with Gasteiger partial charge in [0.1, 0.15) is 11.6 Å². The van der Waals surface area contributed by atoms with Crippen molar-refractivity contribution in [3.8, 4) is 0 Å². The third-order valence-corrected chi connectivity index (χ3v) is 2.75. The third kappa shape index (κ3) is 3.70. The van der Waals surface area contributed by atoms with Crippen molar-refractivity contribution in [2.24, 2.45) is 5.92 Å². The van der Waals surface area contributed by atoms with Gasteiger partial charge in [0.05, 0.1) is 13.0 Å². The molecule has 0 aliphatic carbocycles. The number of carbonyl (C=O) groups excluding carboxylic acids is 2. The lowest BCUT2D eigenvalue weighted by atomic mass is 10.0. The summed E-state index contributed by atoms with van der Waals surface area (Å²) in [4.78, 5) is 23.3. The lowest BCUT2D eigenvalue weighted by Crippen LogP contribution is -2.39. The Morgan fingerprint density at radius 1 is 1.24 bits per heavy atom. The molecule has 1 aliphatic heterocycles. The summed E-state index contributed by atoms with van der Waals surface area (Å²) < 4.78 is 9.98. The van der Waals surface area contributed by atoms with E-state index in [0.29, 0.717) is 6.42 Å². The fourth-order valence-electron chi connectivity index (χ4n) is 1.95. The van der Waals surface area contributed by atoms with Crippen molar-refractivity contribution in [3.63, 3.8) is 0 Å². The number of ether oxygens (including phenoxy) is 2. The molecule has 1 fully saturated rings. The molecule has 0 aromatic rings. The van der Waals surface area contributed by atoms with Gasteiger partial charge in [-0.15, -0.1) is 0 Å². The highest BCUT2D eigenvalue weighted by atomic mass is 16.6. The van der Waals surface area contributed by atoms with Gasteiger partial charge in [0, 0.05) is 6.04 Å². The molecule has 0 aromatic carbocycles. The zero-order valence-corrected chi connectivity index (χ0v) is 11.1. The van der Waals surface area contributed by atoms with Crippen molar-refractivity contribution in [1.29, 1.82) is 0 Å². The number of methoxy groups -OCH3 is 1. The summed E-state index contributed by atoms with van der Waals surface area (Å²) in [5, 5.41) is 3.07. The van der Waals surface area contributed by atoms with Crippen LogP contribution in [0.2, 0.25) is 0 Å². The molecule has 1 aliphatic rings. The number of hydrogen-bond acceptors (Lipinski definition) is 5. The highest BCUT2D eigenvalue weighted by Gasteiger charge is 2.41. The predicted molar refractivity (Wildman–Crippen MR) is 62.4 cm³/mol. The standard InChI is InChI=1S/C12H21NO4/c1-7-8(10(14)16-5)6-9(13-7)11(15)17-12(2,3)4/h7-9,13H,6H2,1-5H3/t7-,8-,9-/m0/s1. The molecule has 0 radical (unpaired) electrons. The first kappa shape index (κ1) is 14.0. The molecule has 5 nitrogen and oxygen atoms in total. The van der Waals surface area contributed by atoms with E-state index in [9.17, 15) is 9.59 Å². The van der Waals surface area contributed by atoms with Gasteiger partial charge in [0.2, 0.25) is 0 Å². The minimum absolute atomic E-state index is 0.0695. The number of hydrogen-bond donors (Lipinski definition) is 1. The summed E-state index contributed by atoms with van der Waals surface area (Å²) in [5.41, 5.74) is -0.509. The SMILES string of the molecule is COC(=O)[C@H]1C[C@@H](C(=O)OC(C)(C)C)N[C@H]1C. The van der Waals surface area contributed by atoms with Gasteiger partial charge < -0.3 is 14.8 Å². The van der Waals surface area contributed by atoms with Crippen LogP contribution in [0.15, 0.2) is 0 Å². The molecule has 0 unspecified atom stereocenters. The van der Waals surface area contributed by atoms with Gasteiger partial charge in [-0.05, 0) is 34.1 Å². The summed E-state index contributed by atoms with van der Waals surface area (Å²) in [5.74, 6) is -0.871. The Morgan fingerprint density at radius 2 is 1.82 bits per heavy atom. The van der Waals surface area contributed by atoms with Crippen molar-refractivity contribution < 1.29 is 19.1 Å². The monoisotopic (exact) mass is 243 g/mol. The van der Waals surface area contributed by atoms with Crippen LogP contribution in [0.5, 0.6) is 0 Å². The maximum absolute atomic E-state index is 11.8. The molecule has 0 aromatic heterocycles. The molecular weight excluding hydrogens is 222 g/mol. The minimum atomic E-state index is -0.509. The van der Waals surface area contributed by atoms with Gasteiger partial charge >= 0.3 is 11.9 Å².